The zero-order valence-electron chi connectivity index (χ0n) is 17.4. The molecule has 172 valence electrons. The third-order valence-corrected chi connectivity index (χ3v) is 5.28. The number of benzene rings is 2. The summed E-state index contributed by atoms with van der Waals surface area (Å²) in [4.78, 5) is 15.1. The summed E-state index contributed by atoms with van der Waals surface area (Å²) in [6.45, 7) is 2.47. The number of aliphatic hydroxyl groups is 4. The van der Waals surface area contributed by atoms with Crippen LogP contribution >= 0.6 is 0 Å². The number of ether oxygens (including phenoxy) is 2. The summed E-state index contributed by atoms with van der Waals surface area (Å²) in [6, 6.07) is 12.9. The molecule has 1 saturated heterocycles. The Morgan fingerprint density at radius 2 is 1.84 bits per heavy atom. The van der Waals surface area contributed by atoms with Crippen molar-refractivity contribution >= 4 is 11.0 Å². The molecule has 0 radical (unpaired) electrons. The van der Waals surface area contributed by atoms with Gasteiger partial charge in [0.2, 0.25) is 0 Å². The second-order valence-corrected chi connectivity index (χ2v) is 7.45. The smallest absolute Gasteiger partial charge is 0.191 e. The summed E-state index contributed by atoms with van der Waals surface area (Å²) in [6.07, 6.45) is -5.40. The molecule has 32 heavy (non-hydrogen) atoms. The van der Waals surface area contributed by atoms with E-state index in [0.29, 0.717) is 29.9 Å². The van der Waals surface area contributed by atoms with Crippen molar-refractivity contribution < 1.29 is 39.7 Å². The summed E-state index contributed by atoms with van der Waals surface area (Å²) in [7, 11) is 0. The molecule has 5 atom stereocenters. The molecule has 4 N–H and O–H groups in total. The molecule has 1 aliphatic heterocycles. The van der Waals surface area contributed by atoms with Crippen LogP contribution in [0.25, 0.3) is 11.0 Å². The monoisotopic (exact) mass is 446 g/mol. The van der Waals surface area contributed by atoms with Gasteiger partial charge in [0.25, 0.3) is 0 Å². The molecule has 2 heterocycles. The molecule has 0 spiro atoms. The van der Waals surface area contributed by atoms with Crippen molar-refractivity contribution in [1.29, 1.82) is 0 Å². The molecular weight excluding hydrogens is 420 g/mol. The Labute approximate surface area is 184 Å². The van der Waals surface area contributed by atoms with E-state index in [0.717, 1.165) is 11.3 Å². The normalized spacial score (nSPS) is 25.7. The minimum Gasteiger partial charge on any atom is -0.494 e. The van der Waals surface area contributed by atoms with Crippen LogP contribution in [0.5, 0.6) is 11.5 Å². The fourth-order valence-electron chi connectivity index (χ4n) is 3.62. The van der Waals surface area contributed by atoms with Crippen molar-refractivity contribution in [3.63, 3.8) is 0 Å². The number of nitrogens with zero attached hydrogens (tertiary/aromatic N) is 2. The first kappa shape index (κ1) is 22.5. The van der Waals surface area contributed by atoms with E-state index in [4.69, 9.17) is 19.2 Å². The van der Waals surface area contributed by atoms with Crippen LogP contribution in [0.1, 0.15) is 12.5 Å². The number of aromatic nitrogens is 2. The minimum absolute atomic E-state index is 0.309. The van der Waals surface area contributed by atoms with Gasteiger partial charge in [-0.05, 0) is 36.8 Å². The fourth-order valence-corrected chi connectivity index (χ4v) is 3.62. The van der Waals surface area contributed by atoms with Crippen LogP contribution in [0.15, 0.2) is 48.8 Å². The van der Waals surface area contributed by atoms with Crippen LogP contribution in [0, 0.1) is 0 Å². The lowest BCUT2D eigenvalue weighted by atomic mass is 9.99. The van der Waals surface area contributed by atoms with Crippen molar-refractivity contribution in [3.05, 3.63) is 54.4 Å². The number of aliphatic hydroxyl groups excluding tert-OH is 4. The molecule has 10 nitrogen and oxygen atoms in total. The maximum absolute atomic E-state index is 10.2. The van der Waals surface area contributed by atoms with E-state index in [2.05, 4.69) is 4.98 Å². The number of para-hydroxylation sites is 1. The number of rotatable bonds is 8. The van der Waals surface area contributed by atoms with Crippen LogP contribution in [-0.2, 0) is 16.2 Å². The van der Waals surface area contributed by atoms with E-state index in [9.17, 15) is 20.4 Å². The van der Waals surface area contributed by atoms with Gasteiger partial charge >= 0.3 is 0 Å². The molecule has 3 aromatic rings. The maximum Gasteiger partial charge on any atom is 0.191 e. The van der Waals surface area contributed by atoms with Gasteiger partial charge < -0.3 is 39.4 Å². The predicted octanol–water partition coefficient (Wildman–Crippen LogP) is 0.594. The summed E-state index contributed by atoms with van der Waals surface area (Å²) >= 11 is 0. The van der Waals surface area contributed by atoms with Gasteiger partial charge in [0, 0.05) is 6.54 Å². The van der Waals surface area contributed by atoms with Crippen LogP contribution < -0.4 is 9.62 Å². The van der Waals surface area contributed by atoms with Gasteiger partial charge in [-0.25, -0.2) is 4.98 Å². The molecule has 0 aliphatic carbocycles. The molecule has 1 aromatic heterocycles. The van der Waals surface area contributed by atoms with Crippen molar-refractivity contribution in [1.82, 2.24) is 9.55 Å². The van der Waals surface area contributed by atoms with Gasteiger partial charge in [-0.15, -0.1) is 0 Å². The summed E-state index contributed by atoms with van der Waals surface area (Å²) in [5, 5.41) is 39.5. The number of hydrogen-bond donors (Lipinski definition) is 4. The Hall–Kier alpha value is -2.73. The molecule has 0 amide bonds. The molecule has 1 fully saturated rings. The molecule has 0 unspecified atom stereocenters. The molecule has 10 heteroatoms. The maximum atomic E-state index is 10.2. The second kappa shape index (κ2) is 9.82. The van der Waals surface area contributed by atoms with Crippen LogP contribution in [0.2, 0.25) is 0 Å². The Morgan fingerprint density at radius 1 is 1.06 bits per heavy atom. The van der Waals surface area contributed by atoms with Gasteiger partial charge in [-0.2, -0.15) is 4.89 Å². The van der Waals surface area contributed by atoms with Gasteiger partial charge in [0.05, 0.1) is 25.1 Å². The molecule has 0 saturated carbocycles. The Bertz CT molecular complexity index is 1020. The lowest BCUT2D eigenvalue weighted by molar-refractivity contribution is -0.364. The van der Waals surface area contributed by atoms with E-state index in [1.165, 1.54) is 0 Å². The third-order valence-electron chi connectivity index (χ3n) is 5.28. The highest BCUT2D eigenvalue weighted by atomic mass is 17.2. The van der Waals surface area contributed by atoms with Crippen molar-refractivity contribution in [2.75, 3.05) is 13.2 Å². The summed E-state index contributed by atoms with van der Waals surface area (Å²) in [5.41, 5.74) is 2.34. The first-order valence-electron chi connectivity index (χ1n) is 10.3. The quantitative estimate of drug-likeness (QED) is 0.290. The van der Waals surface area contributed by atoms with Gasteiger partial charge in [0.15, 0.2) is 18.1 Å². The largest absolute Gasteiger partial charge is 0.494 e. The average molecular weight is 446 g/mol. The standard InChI is InChI=1S/C22H26N2O8/c1-2-29-14-8-6-13(7-9-14)10-24-12-23-15-4-3-5-16(18(15)24)31-32-21-20(27)19(26)17(11-25)30-22(21)28/h3-9,12,17,19-22,25-28H,2,10-11H2,1H3/t17-,19-,20+,21-,22-/m1/s1. The molecule has 4 rings (SSSR count). The molecular formula is C22H26N2O8. The summed E-state index contributed by atoms with van der Waals surface area (Å²) < 4.78 is 12.4. The topological polar surface area (TPSA) is 136 Å². The van der Waals surface area contributed by atoms with E-state index in [-0.39, 0.29) is 0 Å². The number of hydrogen-bond acceptors (Lipinski definition) is 9. The van der Waals surface area contributed by atoms with Crippen LogP contribution in [-0.4, -0.2) is 73.9 Å². The fraction of sp³-hybridized carbons (Fsp3) is 0.409. The zero-order valence-corrected chi connectivity index (χ0v) is 17.4. The van der Waals surface area contributed by atoms with Gasteiger partial charge in [-0.1, -0.05) is 18.2 Å². The number of imidazole rings is 1. The lowest BCUT2D eigenvalue weighted by Gasteiger charge is -2.38. The Morgan fingerprint density at radius 3 is 2.56 bits per heavy atom. The predicted molar refractivity (Wildman–Crippen MR) is 112 cm³/mol. The van der Waals surface area contributed by atoms with Gasteiger partial charge in [-0.3, -0.25) is 0 Å². The van der Waals surface area contributed by atoms with Crippen LogP contribution in [0.4, 0.5) is 0 Å². The Kier molecular flexibility index (Phi) is 6.89. The van der Waals surface area contributed by atoms with Crippen molar-refractivity contribution in [2.24, 2.45) is 0 Å². The minimum atomic E-state index is -1.60. The van der Waals surface area contributed by atoms with E-state index >= 15 is 0 Å². The van der Waals surface area contributed by atoms with Crippen LogP contribution in [0.3, 0.4) is 0 Å². The first-order valence-corrected chi connectivity index (χ1v) is 10.3. The third kappa shape index (κ3) is 4.56. The average Bonchev–Trinajstić information content (AvgIpc) is 3.21. The van der Waals surface area contributed by atoms with Crippen molar-refractivity contribution in [3.8, 4) is 11.5 Å². The van der Waals surface area contributed by atoms with Crippen molar-refractivity contribution in [2.45, 2.75) is 44.2 Å². The second-order valence-electron chi connectivity index (χ2n) is 7.45. The highest BCUT2D eigenvalue weighted by molar-refractivity contribution is 5.82. The molecule has 2 aromatic carbocycles. The molecule has 1 aliphatic rings. The first-order chi connectivity index (χ1) is 15.5. The summed E-state index contributed by atoms with van der Waals surface area (Å²) in [5.74, 6) is 1.10. The zero-order chi connectivity index (χ0) is 22.7. The molecule has 0 bridgehead atoms. The lowest BCUT2D eigenvalue weighted by Crippen LogP contribution is -2.59. The Balaban J connectivity index is 1.52. The van der Waals surface area contributed by atoms with E-state index in [1.54, 1.807) is 18.5 Å². The highest BCUT2D eigenvalue weighted by Crippen LogP contribution is 2.28. The van der Waals surface area contributed by atoms with Gasteiger partial charge in [0.1, 0.15) is 29.6 Å². The SMILES string of the molecule is CCOc1ccc(Cn2cnc3cccc(OO[C@@H]4[C@@H](O)[C@H](O)[C@@H](CO)O[C@H]4O)c32)cc1. The van der Waals surface area contributed by atoms with E-state index in [1.807, 2.05) is 41.8 Å². The highest BCUT2D eigenvalue weighted by Gasteiger charge is 2.45. The van der Waals surface area contributed by atoms with E-state index < -0.39 is 37.3 Å². The number of fused-ring (bicyclic) bond motifs is 1.